The molecule has 1 aromatic carbocycles. The fourth-order valence-electron chi connectivity index (χ4n) is 2.72. The van der Waals surface area contributed by atoms with E-state index in [9.17, 15) is 5.11 Å². The minimum atomic E-state index is -0.0897. The molecule has 2 unspecified atom stereocenters. The van der Waals surface area contributed by atoms with E-state index in [1.165, 1.54) is 17.5 Å². The molecule has 0 spiro atoms. The summed E-state index contributed by atoms with van der Waals surface area (Å²) in [6, 6.07) is 9.09. The monoisotopic (exact) mass is 233 g/mol. The number of benzene rings is 1. The molecule has 2 nitrogen and oxygen atoms in total. The molecule has 94 valence electrons. The van der Waals surface area contributed by atoms with Crippen LogP contribution >= 0.6 is 0 Å². The maximum atomic E-state index is 9.72. The molecule has 1 fully saturated rings. The molecule has 0 heterocycles. The standard InChI is InChI=1S/C15H23NO/c1-12-6-3-4-7-13(12)11-16(2)14-8-5-9-15(17)10-14/h3-4,6-7,14-15,17H,5,8-11H2,1-2H3. The Morgan fingerprint density at radius 2 is 2.06 bits per heavy atom. The van der Waals surface area contributed by atoms with E-state index in [-0.39, 0.29) is 6.10 Å². The molecule has 0 amide bonds. The highest BCUT2D eigenvalue weighted by Gasteiger charge is 2.23. The Bertz CT molecular complexity index is 364. The van der Waals surface area contributed by atoms with Gasteiger partial charge in [0.2, 0.25) is 0 Å². The van der Waals surface area contributed by atoms with Crippen molar-refractivity contribution in [3.8, 4) is 0 Å². The third-order valence-corrected chi connectivity index (χ3v) is 3.92. The first-order valence-corrected chi connectivity index (χ1v) is 6.59. The Balaban J connectivity index is 1.96. The molecule has 1 N–H and O–H groups in total. The van der Waals surface area contributed by atoms with Crippen molar-refractivity contribution < 1.29 is 5.11 Å². The third kappa shape index (κ3) is 3.30. The predicted octanol–water partition coefficient (Wildman–Crippen LogP) is 2.73. The van der Waals surface area contributed by atoms with E-state index in [1.54, 1.807) is 0 Å². The van der Waals surface area contributed by atoms with Gasteiger partial charge in [-0.05, 0) is 50.8 Å². The van der Waals surface area contributed by atoms with Crippen molar-refractivity contribution >= 4 is 0 Å². The molecule has 1 aliphatic rings. The SMILES string of the molecule is Cc1ccccc1CN(C)C1CCCC(O)C1. The van der Waals surface area contributed by atoms with Gasteiger partial charge in [-0.3, -0.25) is 4.90 Å². The summed E-state index contributed by atoms with van der Waals surface area (Å²) in [6.45, 7) is 3.16. The lowest BCUT2D eigenvalue weighted by Gasteiger charge is -2.33. The van der Waals surface area contributed by atoms with Crippen molar-refractivity contribution in [2.45, 2.75) is 51.3 Å². The lowest BCUT2D eigenvalue weighted by Crippen LogP contribution is -2.37. The minimum absolute atomic E-state index is 0.0897. The van der Waals surface area contributed by atoms with Gasteiger partial charge >= 0.3 is 0 Å². The van der Waals surface area contributed by atoms with E-state index in [0.717, 1.165) is 25.8 Å². The van der Waals surface area contributed by atoms with E-state index in [2.05, 4.69) is 43.1 Å². The molecule has 2 heteroatoms. The number of rotatable bonds is 3. The summed E-state index contributed by atoms with van der Waals surface area (Å²) in [5, 5.41) is 9.72. The van der Waals surface area contributed by atoms with Gasteiger partial charge < -0.3 is 5.11 Å². The van der Waals surface area contributed by atoms with Gasteiger partial charge in [0.1, 0.15) is 0 Å². The quantitative estimate of drug-likeness (QED) is 0.867. The summed E-state index contributed by atoms with van der Waals surface area (Å²) in [4.78, 5) is 2.39. The summed E-state index contributed by atoms with van der Waals surface area (Å²) in [5.74, 6) is 0. The molecule has 0 aromatic heterocycles. The van der Waals surface area contributed by atoms with Gasteiger partial charge in [0.25, 0.3) is 0 Å². The molecule has 0 bridgehead atoms. The Hall–Kier alpha value is -0.860. The average Bonchev–Trinajstić information content (AvgIpc) is 2.32. The highest BCUT2D eigenvalue weighted by Crippen LogP contribution is 2.23. The Kier molecular flexibility index (Phi) is 4.19. The molecular weight excluding hydrogens is 210 g/mol. The van der Waals surface area contributed by atoms with Crippen LogP contribution in [0.2, 0.25) is 0 Å². The van der Waals surface area contributed by atoms with Gasteiger partial charge in [-0.2, -0.15) is 0 Å². The van der Waals surface area contributed by atoms with Crippen molar-refractivity contribution in [2.24, 2.45) is 0 Å². The second-order valence-corrected chi connectivity index (χ2v) is 5.32. The van der Waals surface area contributed by atoms with Crippen LogP contribution in [0, 0.1) is 6.92 Å². The van der Waals surface area contributed by atoms with E-state index in [1.807, 2.05) is 0 Å². The first-order chi connectivity index (χ1) is 8.16. The van der Waals surface area contributed by atoms with Crippen LogP contribution in [-0.4, -0.2) is 29.2 Å². The smallest absolute Gasteiger partial charge is 0.0555 e. The number of hydrogen-bond donors (Lipinski definition) is 1. The van der Waals surface area contributed by atoms with E-state index < -0.39 is 0 Å². The second kappa shape index (κ2) is 5.65. The third-order valence-electron chi connectivity index (χ3n) is 3.92. The highest BCUT2D eigenvalue weighted by molar-refractivity contribution is 5.25. The highest BCUT2D eigenvalue weighted by atomic mass is 16.3. The molecule has 1 aromatic rings. The van der Waals surface area contributed by atoms with Crippen LogP contribution in [0.15, 0.2) is 24.3 Å². The topological polar surface area (TPSA) is 23.5 Å². The van der Waals surface area contributed by atoms with Crippen LogP contribution in [0.5, 0.6) is 0 Å². The van der Waals surface area contributed by atoms with Gasteiger partial charge in [0.05, 0.1) is 6.10 Å². The lowest BCUT2D eigenvalue weighted by molar-refractivity contribution is 0.0700. The van der Waals surface area contributed by atoms with Crippen molar-refractivity contribution in [1.82, 2.24) is 4.90 Å². The maximum Gasteiger partial charge on any atom is 0.0555 e. The van der Waals surface area contributed by atoms with Crippen LogP contribution in [-0.2, 0) is 6.54 Å². The fourth-order valence-corrected chi connectivity index (χ4v) is 2.72. The van der Waals surface area contributed by atoms with E-state index in [4.69, 9.17) is 0 Å². The van der Waals surface area contributed by atoms with Gasteiger partial charge in [-0.15, -0.1) is 0 Å². The summed E-state index contributed by atoms with van der Waals surface area (Å²) >= 11 is 0. The van der Waals surface area contributed by atoms with Crippen LogP contribution in [0.3, 0.4) is 0 Å². The van der Waals surface area contributed by atoms with E-state index in [0.29, 0.717) is 6.04 Å². The number of aliphatic hydroxyl groups is 1. The van der Waals surface area contributed by atoms with Crippen LogP contribution in [0.1, 0.15) is 36.8 Å². The number of nitrogens with zero attached hydrogens (tertiary/aromatic N) is 1. The lowest BCUT2D eigenvalue weighted by atomic mass is 9.92. The Morgan fingerprint density at radius 3 is 2.76 bits per heavy atom. The zero-order valence-electron chi connectivity index (χ0n) is 10.9. The molecule has 0 saturated heterocycles. The second-order valence-electron chi connectivity index (χ2n) is 5.32. The zero-order chi connectivity index (χ0) is 12.3. The first kappa shape index (κ1) is 12.6. The summed E-state index contributed by atoms with van der Waals surface area (Å²) < 4.78 is 0. The number of aliphatic hydroxyl groups excluding tert-OH is 1. The molecule has 0 radical (unpaired) electrons. The molecule has 1 saturated carbocycles. The van der Waals surface area contributed by atoms with Gasteiger partial charge in [-0.1, -0.05) is 24.3 Å². The van der Waals surface area contributed by atoms with E-state index >= 15 is 0 Å². The van der Waals surface area contributed by atoms with Gasteiger partial charge in [0, 0.05) is 12.6 Å². The van der Waals surface area contributed by atoms with Crippen molar-refractivity contribution in [3.05, 3.63) is 35.4 Å². The van der Waals surface area contributed by atoms with Crippen molar-refractivity contribution in [1.29, 1.82) is 0 Å². The minimum Gasteiger partial charge on any atom is -0.393 e. The summed E-state index contributed by atoms with van der Waals surface area (Å²) in [6.07, 6.45) is 4.20. The Morgan fingerprint density at radius 1 is 1.29 bits per heavy atom. The molecule has 0 aliphatic heterocycles. The zero-order valence-corrected chi connectivity index (χ0v) is 10.9. The maximum absolute atomic E-state index is 9.72. The number of aryl methyl sites for hydroxylation is 1. The molecular formula is C15H23NO. The molecule has 2 atom stereocenters. The molecule has 1 aliphatic carbocycles. The van der Waals surface area contributed by atoms with Crippen molar-refractivity contribution in [3.63, 3.8) is 0 Å². The van der Waals surface area contributed by atoms with Crippen LogP contribution in [0.4, 0.5) is 0 Å². The van der Waals surface area contributed by atoms with Crippen LogP contribution in [0.25, 0.3) is 0 Å². The molecule has 2 rings (SSSR count). The fraction of sp³-hybridized carbons (Fsp3) is 0.600. The first-order valence-electron chi connectivity index (χ1n) is 6.59. The largest absolute Gasteiger partial charge is 0.393 e. The number of hydrogen-bond acceptors (Lipinski definition) is 2. The normalized spacial score (nSPS) is 25.2. The van der Waals surface area contributed by atoms with Crippen molar-refractivity contribution in [2.75, 3.05) is 7.05 Å². The predicted molar refractivity (Wildman–Crippen MR) is 70.9 cm³/mol. The van der Waals surface area contributed by atoms with Gasteiger partial charge in [-0.25, -0.2) is 0 Å². The van der Waals surface area contributed by atoms with Crippen LogP contribution < -0.4 is 0 Å². The summed E-state index contributed by atoms with van der Waals surface area (Å²) in [5.41, 5.74) is 2.76. The molecule has 17 heavy (non-hydrogen) atoms. The average molecular weight is 233 g/mol. The van der Waals surface area contributed by atoms with Gasteiger partial charge in [0.15, 0.2) is 0 Å². The summed E-state index contributed by atoms with van der Waals surface area (Å²) in [7, 11) is 2.18. The Labute approximate surface area is 104 Å².